The molecule has 0 bridgehead atoms. The number of anilines is 1. The monoisotopic (exact) mass is 390 g/mol. The van der Waals surface area contributed by atoms with E-state index in [2.05, 4.69) is 5.32 Å². The molecule has 1 aliphatic rings. The van der Waals surface area contributed by atoms with Crippen LogP contribution in [0.3, 0.4) is 0 Å². The Morgan fingerprint density at radius 1 is 0.966 bits per heavy atom. The lowest BCUT2D eigenvalue weighted by Gasteiger charge is -2.27. The van der Waals surface area contributed by atoms with E-state index in [1.807, 2.05) is 0 Å². The Morgan fingerprint density at radius 3 is 2.41 bits per heavy atom. The van der Waals surface area contributed by atoms with Crippen molar-refractivity contribution in [2.24, 2.45) is 0 Å². The maximum Gasteiger partial charge on any atom is 0.335 e. The predicted molar refractivity (Wildman–Crippen MR) is 104 cm³/mol. The smallest absolute Gasteiger partial charge is 0.335 e. The maximum atomic E-state index is 13.1. The molecule has 6 nitrogen and oxygen atoms in total. The van der Waals surface area contributed by atoms with Crippen molar-refractivity contribution < 1.29 is 23.2 Å². The first-order chi connectivity index (χ1) is 13.9. The van der Waals surface area contributed by atoms with Gasteiger partial charge >= 0.3 is 6.03 Å². The van der Waals surface area contributed by atoms with E-state index in [1.165, 1.54) is 18.2 Å². The number of hydrogen-bond donors (Lipinski definition) is 1. The normalized spacial score (nSPS) is 15.7. The first-order valence-corrected chi connectivity index (χ1v) is 8.77. The molecule has 0 spiro atoms. The molecular weight excluding hydrogens is 375 g/mol. The topological polar surface area (TPSA) is 79.6 Å². The number of urea groups is 1. The molecular formula is C22H15FN2O4. The number of furan rings is 1. The minimum Gasteiger partial charge on any atom is -0.457 e. The van der Waals surface area contributed by atoms with Crippen LogP contribution in [0.5, 0.6) is 0 Å². The summed E-state index contributed by atoms with van der Waals surface area (Å²) in [4.78, 5) is 38.4. The fraction of sp³-hybridized carbons (Fsp3) is 0.0455. The molecule has 1 aliphatic heterocycles. The van der Waals surface area contributed by atoms with Crippen LogP contribution in [0.25, 0.3) is 17.4 Å². The summed E-state index contributed by atoms with van der Waals surface area (Å²) in [5, 5.41) is 2.18. The van der Waals surface area contributed by atoms with Crippen molar-refractivity contribution in [1.82, 2.24) is 5.32 Å². The molecule has 7 heteroatoms. The average molecular weight is 390 g/mol. The molecule has 0 saturated carbocycles. The number of para-hydroxylation sites is 1. The summed E-state index contributed by atoms with van der Waals surface area (Å²) >= 11 is 0. The molecule has 3 aromatic rings. The summed E-state index contributed by atoms with van der Waals surface area (Å²) < 4.78 is 18.8. The number of carbonyl (C=O) groups is 3. The summed E-state index contributed by atoms with van der Waals surface area (Å²) in [6, 6.07) is 15.0. The average Bonchev–Trinajstić information content (AvgIpc) is 3.16. The van der Waals surface area contributed by atoms with Crippen LogP contribution in [-0.2, 0) is 9.59 Å². The van der Waals surface area contributed by atoms with Gasteiger partial charge in [0, 0.05) is 5.56 Å². The van der Waals surface area contributed by atoms with Crippen LogP contribution in [0.15, 0.2) is 70.7 Å². The van der Waals surface area contributed by atoms with E-state index in [-0.39, 0.29) is 17.2 Å². The molecule has 4 rings (SSSR count). The van der Waals surface area contributed by atoms with Gasteiger partial charge in [-0.1, -0.05) is 18.2 Å². The zero-order valence-electron chi connectivity index (χ0n) is 15.3. The zero-order valence-corrected chi connectivity index (χ0v) is 15.3. The number of rotatable bonds is 3. The van der Waals surface area contributed by atoms with Crippen molar-refractivity contribution in [3.05, 3.63) is 83.4 Å². The van der Waals surface area contributed by atoms with Crippen molar-refractivity contribution in [2.75, 3.05) is 4.90 Å². The highest BCUT2D eigenvalue weighted by molar-refractivity contribution is 6.39. The third-order valence-electron chi connectivity index (χ3n) is 4.50. The van der Waals surface area contributed by atoms with Crippen LogP contribution in [0.1, 0.15) is 11.3 Å². The standard InChI is InChI=1S/C22H15FN2O4/c1-13-4-2-3-5-18(13)25-21(27)17(20(26)24-22(25)28)12-16-10-11-19(29-16)14-6-8-15(23)9-7-14/h2-12H,1H3,(H,24,26,28)/b17-12-. The molecule has 0 radical (unpaired) electrons. The van der Waals surface area contributed by atoms with Crippen molar-refractivity contribution in [3.63, 3.8) is 0 Å². The summed E-state index contributed by atoms with van der Waals surface area (Å²) in [5.41, 5.74) is 1.51. The number of hydrogen-bond acceptors (Lipinski definition) is 4. The van der Waals surface area contributed by atoms with Gasteiger partial charge in [-0.2, -0.15) is 0 Å². The molecule has 2 aromatic carbocycles. The second-order valence-corrected chi connectivity index (χ2v) is 6.45. The highest BCUT2D eigenvalue weighted by atomic mass is 19.1. The van der Waals surface area contributed by atoms with Crippen molar-refractivity contribution in [2.45, 2.75) is 6.92 Å². The van der Waals surface area contributed by atoms with Gasteiger partial charge in [-0.25, -0.2) is 14.1 Å². The van der Waals surface area contributed by atoms with Gasteiger partial charge in [0.05, 0.1) is 5.69 Å². The summed E-state index contributed by atoms with van der Waals surface area (Å²) in [6.45, 7) is 1.76. The van der Waals surface area contributed by atoms with E-state index in [1.54, 1.807) is 55.5 Å². The molecule has 1 aromatic heterocycles. The maximum absolute atomic E-state index is 13.1. The van der Waals surface area contributed by atoms with Crippen molar-refractivity contribution in [3.8, 4) is 11.3 Å². The Bertz CT molecular complexity index is 1160. The first-order valence-electron chi connectivity index (χ1n) is 8.77. The Morgan fingerprint density at radius 2 is 1.69 bits per heavy atom. The van der Waals surface area contributed by atoms with E-state index in [0.717, 1.165) is 4.90 Å². The van der Waals surface area contributed by atoms with Gasteiger partial charge < -0.3 is 4.42 Å². The fourth-order valence-electron chi connectivity index (χ4n) is 3.03. The Hall–Kier alpha value is -4.00. The lowest BCUT2D eigenvalue weighted by atomic mass is 10.1. The number of amides is 4. The quantitative estimate of drug-likeness (QED) is 0.540. The number of imide groups is 2. The minimum absolute atomic E-state index is 0.229. The second-order valence-electron chi connectivity index (χ2n) is 6.45. The number of carbonyl (C=O) groups excluding carboxylic acids is 3. The third-order valence-corrected chi connectivity index (χ3v) is 4.50. The molecule has 29 heavy (non-hydrogen) atoms. The molecule has 144 valence electrons. The lowest BCUT2D eigenvalue weighted by Crippen LogP contribution is -2.54. The van der Waals surface area contributed by atoms with E-state index in [4.69, 9.17) is 4.42 Å². The van der Waals surface area contributed by atoms with E-state index >= 15 is 0 Å². The van der Waals surface area contributed by atoms with Crippen LogP contribution >= 0.6 is 0 Å². The molecule has 0 atom stereocenters. The van der Waals surface area contributed by atoms with Gasteiger partial charge in [0.1, 0.15) is 22.9 Å². The number of nitrogens with zero attached hydrogens (tertiary/aromatic N) is 1. The number of halogens is 1. The Labute approximate surface area is 165 Å². The molecule has 1 N–H and O–H groups in total. The number of aryl methyl sites for hydroxylation is 1. The molecule has 0 aliphatic carbocycles. The van der Waals surface area contributed by atoms with Crippen LogP contribution in [0, 0.1) is 12.7 Å². The predicted octanol–water partition coefficient (Wildman–Crippen LogP) is 4.06. The highest BCUT2D eigenvalue weighted by Gasteiger charge is 2.37. The molecule has 0 unspecified atom stereocenters. The summed E-state index contributed by atoms with van der Waals surface area (Å²) in [5.74, 6) is -1.21. The molecule has 2 heterocycles. The second kappa shape index (κ2) is 7.20. The molecule has 1 saturated heterocycles. The van der Waals surface area contributed by atoms with Crippen molar-refractivity contribution in [1.29, 1.82) is 0 Å². The number of benzene rings is 2. The Kier molecular flexibility index (Phi) is 4.56. The SMILES string of the molecule is Cc1ccccc1N1C(=O)NC(=O)/C(=C/c2ccc(-c3ccc(F)cc3)o2)C1=O. The molecule has 1 fully saturated rings. The van der Waals surface area contributed by atoms with E-state index < -0.39 is 17.8 Å². The van der Waals surface area contributed by atoms with Gasteiger partial charge in [-0.15, -0.1) is 0 Å². The molecule has 4 amide bonds. The fourth-order valence-corrected chi connectivity index (χ4v) is 3.03. The largest absolute Gasteiger partial charge is 0.457 e. The van der Waals surface area contributed by atoms with Gasteiger partial charge in [0.2, 0.25) is 0 Å². The van der Waals surface area contributed by atoms with Crippen LogP contribution < -0.4 is 10.2 Å². The van der Waals surface area contributed by atoms with Crippen LogP contribution in [0.2, 0.25) is 0 Å². The zero-order chi connectivity index (χ0) is 20.5. The highest BCUT2D eigenvalue weighted by Crippen LogP contribution is 2.27. The summed E-state index contributed by atoms with van der Waals surface area (Å²) in [6.07, 6.45) is 1.28. The van der Waals surface area contributed by atoms with Gasteiger partial charge in [-0.05, 0) is 61.0 Å². The van der Waals surface area contributed by atoms with Crippen molar-refractivity contribution >= 4 is 29.6 Å². The van der Waals surface area contributed by atoms with Gasteiger partial charge in [0.25, 0.3) is 11.8 Å². The summed E-state index contributed by atoms with van der Waals surface area (Å²) in [7, 11) is 0. The third kappa shape index (κ3) is 3.45. The van der Waals surface area contributed by atoms with Gasteiger partial charge in [-0.3, -0.25) is 14.9 Å². The number of barbiturate groups is 1. The van der Waals surface area contributed by atoms with E-state index in [9.17, 15) is 18.8 Å². The minimum atomic E-state index is -0.808. The Balaban J connectivity index is 1.68. The van der Waals surface area contributed by atoms with E-state index in [0.29, 0.717) is 22.6 Å². The number of nitrogens with one attached hydrogen (secondary N) is 1. The van der Waals surface area contributed by atoms with Crippen LogP contribution in [-0.4, -0.2) is 17.8 Å². The van der Waals surface area contributed by atoms with Gasteiger partial charge in [0.15, 0.2) is 0 Å². The lowest BCUT2D eigenvalue weighted by molar-refractivity contribution is -0.122. The first kappa shape index (κ1) is 18.4. The van der Waals surface area contributed by atoms with Crippen LogP contribution in [0.4, 0.5) is 14.9 Å².